The van der Waals surface area contributed by atoms with E-state index in [2.05, 4.69) is 32.6 Å². The van der Waals surface area contributed by atoms with Gasteiger partial charge in [-0.05, 0) is 55.2 Å². The zero-order chi connectivity index (χ0) is 24.8. The Balaban J connectivity index is 1.91. The molecule has 1 aliphatic heterocycles. The average molecular weight is 466 g/mol. The van der Waals surface area contributed by atoms with E-state index in [-0.39, 0.29) is 34.4 Å². The molecule has 0 fully saturated rings. The molecular weight excluding hydrogens is 426 g/mol. The topological polar surface area (TPSA) is 55.8 Å². The monoisotopic (exact) mass is 465 g/mol. The number of carbonyl (C=O) groups excluding carboxylic acids is 2. The highest BCUT2D eigenvalue weighted by Crippen LogP contribution is 2.54. The lowest BCUT2D eigenvalue weighted by atomic mass is 9.63. The van der Waals surface area contributed by atoms with Crippen molar-refractivity contribution in [3.63, 3.8) is 0 Å². The number of nitrogens with zero attached hydrogens (tertiary/aromatic N) is 1. The number of methoxy groups -OCH3 is 1. The minimum absolute atomic E-state index is 0.0859. The molecule has 5 heteroatoms. The molecule has 0 bridgehead atoms. The summed E-state index contributed by atoms with van der Waals surface area (Å²) in [6, 6.07) is 7.98. The van der Waals surface area contributed by atoms with E-state index in [4.69, 9.17) is 9.47 Å². The first kappa shape index (κ1) is 24.7. The Morgan fingerprint density at radius 3 is 1.82 bits per heavy atom. The molecule has 0 atom stereocenters. The fourth-order valence-electron chi connectivity index (χ4n) is 5.84. The summed E-state index contributed by atoms with van der Waals surface area (Å²) in [5.41, 5.74) is 4.52. The van der Waals surface area contributed by atoms with Crippen molar-refractivity contribution >= 4 is 11.6 Å². The molecule has 4 rings (SSSR count). The van der Waals surface area contributed by atoms with Crippen LogP contribution in [0.25, 0.3) is 0 Å². The summed E-state index contributed by atoms with van der Waals surface area (Å²) in [7, 11) is 1.70. The van der Waals surface area contributed by atoms with Crippen LogP contribution >= 0.6 is 0 Å². The molecule has 1 aromatic rings. The Hall–Kier alpha value is -2.40. The third-order valence-corrected chi connectivity index (χ3v) is 7.13. The molecule has 0 unspecified atom stereocenters. The standard InChI is InChI=1S/C29H39NO4/c1-18(2)34-20-10-8-19(9-11-20)25-26-21(14-28(3,4)16-23(26)31)30(12-13-33-7)22-15-29(5,6)17-24(32)27(22)25/h8-11,18,25H,12-17H2,1-7H3. The minimum Gasteiger partial charge on any atom is -0.491 e. The highest BCUT2D eigenvalue weighted by Gasteiger charge is 2.48. The van der Waals surface area contributed by atoms with Crippen molar-refractivity contribution in [3.05, 3.63) is 52.4 Å². The van der Waals surface area contributed by atoms with E-state index in [0.29, 0.717) is 26.0 Å². The lowest BCUT2D eigenvalue weighted by Gasteiger charge is -2.49. The maximum absolute atomic E-state index is 13.7. The summed E-state index contributed by atoms with van der Waals surface area (Å²) in [6.45, 7) is 13.8. The highest BCUT2D eigenvalue weighted by atomic mass is 16.5. The van der Waals surface area contributed by atoms with Gasteiger partial charge in [-0.2, -0.15) is 0 Å². The van der Waals surface area contributed by atoms with E-state index in [9.17, 15) is 9.59 Å². The molecule has 34 heavy (non-hydrogen) atoms. The second-order valence-corrected chi connectivity index (χ2v) is 11.9. The van der Waals surface area contributed by atoms with Crippen LogP contribution in [-0.4, -0.2) is 42.8 Å². The molecule has 3 aliphatic rings. The number of ketones is 2. The SMILES string of the molecule is COCCN1C2=C(C(=O)CC(C)(C)C2)C(c2ccc(OC(C)C)cc2)C2=C1CC(C)(C)CC2=O. The van der Waals surface area contributed by atoms with Crippen LogP contribution in [0.4, 0.5) is 0 Å². The van der Waals surface area contributed by atoms with Gasteiger partial charge in [0.1, 0.15) is 5.75 Å². The van der Waals surface area contributed by atoms with Crippen LogP contribution < -0.4 is 4.74 Å². The van der Waals surface area contributed by atoms with Crippen molar-refractivity contribution in [2.75, 3.05) is 20.3 Å². The highest BCUT2D eigenvalue weighted by molar-refractivity contribution is 6.06. The second kappa shape index (κ2) is 8.99. The summed E-state index contributed by atoms with van der Waals surface area (Å²) in [5, 5.41) is 0. The van der Waals surface area contributed by atoms with Gasteiger partial charge in [-0.1, -0.05) is 39.8 Å². The normalized spacial score (nSPS) is 22.3. The van der Waals surface area contributed by atoms with Gasteiger partial charge in [0.05, 0.1) is 12.7 Å². The van der Waals surface area contributed by atoms with Crippen molar-refractivity contribution in [3.8, 4) is 5.75 Å². The number of carbonyl (C=O) groups is 2. The van der Waals surface area contributed by atoms with Crippen LogP contribution in [0.1, 0.15) is 78.7 Å². The van der Waals surface area contributed by atoms with E-state index >= 15 is 0 Å². The van der Waals surface area contributed by atoms with Crippen LogP contribution in [0.2, 0.25) is 0 Å². The van der Waals surface area contributed by atoms with E-state index in [1.807, 2.05) is 38.1 Å². The van der Waals surface area contributed by atoms with Crippen molar-refractivity contribution in [2.24, 2.45) is 10.8 Å². The number of benzene rings is 1. The zero-order valence-electron chi connectivity index (χ0n) is 21.8. The third kappa shape index (κ3) is 4.72. The molecule has 0 saturated carbocycles. The third-order valence-electron chi connectivity index (χ3n) is 7.13. The van der Waals surface area contributed by atoms with Crippen LogP contribution in [0.3, 0.4) is 0 Å². The number of hydrogen-bond donors (Lipinski definition) is 0. The summed E-state index contributed by atoms with van der Waals surface area (Å²) in [5.74, 6) is 0.798. The molecule has 0 N–H and O–H groups in total. The number of hydrogen-bond acceptors (Lipinski definition) is 5. The summed E-state index contributed by atoms with van der Waals surface area (Å²) < 4.78 is 11.3. The van der Waals surface area contributed by atoms with Gasteiger partial charge in [-0.3, -0.25) is 9.59 Å². The first-order valence-electron chi connectivity index (χ1n) is 12.5. The molecule has 1 heterocycles. The van der Waals surface area contributed by atoms with Crippen LogP contribution in [0.5, 0.6) is 5.75 Å². The van der Waals surface area contributed by atoms with E-state index in [0.717, 1.165) is 46.7 Å². The smallest absolute Gasteiger partial charge is 0.162 e. The van der Waals surface area contributed by atoms with Gasteiger partial charge in [0.15, 0.2) is 11.6 Å². The number of ether oxygens (including phenoxy) is 2. The first-order valence-corrected chi connectivity index (χ1v) is 12.5. The molecule has 5 nitrogen and oxygen atoms in total. The van der Waals surface area contributed by atoms with Crippen molar-refractivity contribution in [1.29, 1.82) is 0 Å². The predicted molar refractivity (Wildman–Crippen MR) is 134 cm³/mol. The van der Waals surface area contributed by atoms with Crippen LogP contribution in [-0.2, 0) is 14.3 Å². The van der Waals surface area contributed by atoms with Gasteiger partial charge in [0.25, 0.3) is 0 Å². The lowest BCUT2D eigenvalue weighted by molar-refractivity contribution is -0.119. The van der Waals surface area contributed by atoms with Crippen molar-refractivity contribution in [1.82, 2.24) is 4.90 Å². The molecule has 184 valence electrons. The number of rotatable bonds is 6. The molecule has 0 radical (unpaired) electrons. The summed E-state index contributed by atoms with van der Waals surface area (Å²) >= 11 is 0. The molecule has 0 aromatic heterocycles. The quantitative estimate of drug-likeness (QED) is 0.531. The Labute approximate surface area is 204 Å². The second-order valence-electron chi connectivity index (χ2n) is 11.9. The lowest BCUT2D eigenvalue weighted by Crippen LogP contribution is -2.45. The molecule has 0 spiro atoms. The Morgan fingerprint density at radius 2 is 1.38 bits per heavy atom. The van der Waals surface area contributed by atoms with Crippen molar-refractivity contribution < 1.29 is 19.1 Å². The van der Waals surface area contributed by atoms with Crippen molar-refractivity contribution in [2.45, 2.75) is 79.2 Å². The number of allylic oxidation sites excluding steroid dienone is 4. The maximum atomic E-state index is 13.7. The van der Waals surface area contributed by atoms with Gasteiger partial charge in [0, 0.05) is 55.0 Å². The zero-order valence-corrected chi connectivity index (χ0v) is 21.8. The summed E-state index contributed by atoms with van der Waals surface area (Å²) in [4.78, 5) is 29.7. The molecule has 1 aromatic carbocycles. The van der Waals surface area contributed by atoms with Gasteiger partial charge >= 0.3 is 0 Å². The van der Waals surface area contributed by atoms with E-state index < -0.39 is 0 Å². The fourth-order valence-corrected chi connectivity index (χ4v) is 5.84. The fraction of sp³-hybridized carbons (Fsp3) is 0.586. The predicted octanol–water partition coefficient (Wildman–Crippen LogP) is 5.81. The van der Waals surface area contributed by atoms with Gasteiger partial charge < -0.3 is 14.4 Å². The average Bonchev–Trinajstić information content (AvgIpc) is 2.70. The Kier molecular flexibility index (Phi) is 6.54. The van der Waals surface area contributed by atoms with Crippen LogP contribution in [0, 0.1) is 10.8 Å². The van der Waals surface area contributed by atoms with E-state index in [1.54, 1.807) is 7.11 Å². The molecule has 0 amide bonds. The first-order chi connectivity index (χ1) is 15.9. The molecule has 2 aliphatic carbocycles. The number of Topliss-reactive ketones (excluding diaryl/α,β-unsaturated/α-hetero) is 2. The summed E-state index contributed by atoms with van der Waals surface area (Å²) in [6.07, 6.45) is 2.71. The van der Waals surface area contributed by atoms with Gasteiger partial charge in [0.2, 0.25) is 0 Å². The largest absolute Gasteiger partial charge is 0.491 e. The van der Waals surface area contributed by atoms with Gasteiger partial charge in [-0.15, -0.1) is 0 Å². The molecular formula is C29H39NO4. The molecule has 0 saturated heterocycles. The van der Waals surface area contributed by atoms with E-state index in [1.165, 1.54) is 0 Å². The minimum atomic E-state index is -0.316. The Bertz CT molecular complexity index is 988. The van der Waals surface area contributed by atoms with Crippen LogP contribution in [0.15, 0.2) is 46.8 Å². The van der Waals surface area contributed by atoms with Gasteiger partial charge in [-0.25, -0.2) is 0 Å². The Morgan fingerprint density at radius 1 is 0.882 bits per heavy atom. The maximum Gasteiger partial charge on any atom is 0.162 e.